The average molecular weight is 219 g/mol. The molecule has 1 aromatic rings. The first-order chi connectivity index (χ1) is 7.86. The first-order valence-corrected chi connectivity index (χ1v) is 6.05. The second-order valence-corrected chi connectivity index (χ2v) is 4.35. The van der Waals surface area contributed by atoms with Crippen LogP contribution in [0.15, 0.2) is 30.3 Å². The van der Waals surface area contributed by atoms with E-state index in [0.29, 0.717) is 0 Å². The Bertz CT molecular complexity index is 293. The molecule has 0 radical (unpaired) electrons. The largest absolute Gasteiger partial charge is 0.373 e. The third-order valence-corrected chi connectivity index (χ3v) is 3.16. The van der Waals surface area contributed by atoms with Crippen LogP contribution in [0.2, 0.25) is 0 Å². The Hall–Kier alpha value is -1.06. The molecule has 1 heterocycles. The molecule has 1 aromatic carbocycles. The van der Waals surface area contributed by atoms with Gasteiger partial charge in [-0.25, -0.2) is 0 Å². The molecule has 1 aliphatic heterocycles. The number of hydrogen-bond donors (Lipinski definition) is 1. The maximum absolute atomic E-state index is 3.38. The van der Waals surface area contributed by atoms with E-state index in [1.165, 1.54) is 18.8 Å². The van der Waals surface area contributed by atoms with Gasteiger partial charge in [-0.1, -0.05) is 18.2 Å². The van der Waals surface area contributed by atoms with Crippen molar-refractivity contribution in [1.29, 1.82) is 0 Å². The van der Waals surface area contributed by atoms with Gasteiger partial charge in [0.25, 0.3) is 0 Å². The van der Waals surface area contributed by atoms with Gasteiger partial charge in [0.05, 0.1) is 0 Å². The lowest BCUT2D eigenvalue weighted by Crippen LogP contribution is -2.45. The van der Waals surface area contributed by atoms with Crippen LogP contribution in [-0.2, 0) is 0 Å². The molecule has 0 unspecified atom stereocenters. The summed E-state index contributed by atoms with van der Waals surface area (Å²) >= 11 is 0. The molecule has 0 saturated carbocycles. The molecule has 0 aliphatic carbocycles. The number of anilines is 1. The van der Waals surface area contributed by atoms with Gasteiger partial charge in [0.2, 0.25) is 0 Å². The molecule has 0 spiro atoms. The topological polar surface area (TPSA) is 18.5 Å². The highest BCUT2D eigenvalue weighted by Crippen LogP contribution is 2.10. The lowest BCUT2D eigenvalue weighted by molar-refractivity contribution is 0.246. The Morgan fingerprint density at radius 1 is 1.19 bits per heavy atom. The second kappa shape index (κ2) is 5.87. The number of nitrogens with one attached hydrogen (secondary N) is 1. The van der Waals surface area contributed by atoms with Crippen molar-refractivity contribution < 1.29 is 0 Å². The van der Waals surface area contributed by atoms with Crippen LogP contribution in [0.5, 0.6) is 0 Å². The zero-order valence-electron chi connectivity index (χ0n) is 10.0. The van der Waals surface area contributed by atoms with E-state index in [2.05, 4.69) is 52.5 Å². The fourth-order valence-corrected chi connectivity index (χ4v) is 2.04. The SMILES string of the molecule is CN(CCN1CCNCC1)c1ccccc1. The van der Waals surface area contributed by atoms with Crippen molar-refractivity contribution in [2.24, 2.45) is 0 Å². The molecule has 3 nitrogen and oxygen atoms in total. The fraction of sp³-hybridized carbons (Fsp3) is 0.538. The van der Waals surface area contributed by atoms with Crippen molar-refractivity contribution in [3.05, 3.63) is 30.3 Å². The van der Waals surface area contributed by atoms with Crippen LogP contribution >= 0.6 is 0 Å². The highest BCUT2D eigenvalue weighted by atomic mass is 15.2. The molecule has 88 valence electrons. The number of rotatable bonds is 4. The predicted molar refractivity (Wildman–Crippen MR) is 69.0 cm³/mol. The Morgan fingerprint density at radius 2 is 1.88 bits per heavy atom. The third kappa shape index (κ3) is 3.22. The van der Waals surface area contributed by atoms with Gasteiger partial charge in [-0.3, -0.25) is 4.90 Å². The van der Waals surface area contributed by atoms with E-state index >= 15 is 0 Å². The van der Waals surface area contributed by atoms with E-state index in [4.69, 9.17) is 0 Å². The summed E-state index contributed by atoms with van der Waals surface area (Å²) < 4.78 is 0. The summed E-state index contributed by atoms with van der Waals surface area (Å²) in [6.07, 6.45) is 0. The number of benzene rings is 1. The molecule has 1 N–H and O–H groups in total. The van der Waals surface area contributed by atoms with Crippen LogP contribution in [0.1, 0.15) is 0 Å². The van der Waals surface area contributed by atoms with Crippen LogP contribution in [0.4, 0.5) is 5.69 Å². The molecule has 1 saturated heterocycles. The van der Waals surface area contributed by atoms with Crippen molar-refractivity contribution in [3.63, 3.8) is 0 Å². The minimum absolute atomic E-state index is 1.10. The van der Waals surface area contributed by atoms with E-state index in [9.17, 15) is 0 Å². The van der Waals surface area contributed by atoms with Gasteiger partial charge < -0.3 is 10.2 Å². The van der Waals surface area contributed by atoms with Gasteiger partial charge in [0.1, 0.15) is 0 Å². The van der Waals surface area contributed by atoms with Gasteiger partial charge in [0, 0.05) is 52.0 Å². The second-order valence-electron chi connectivity index (χ2n) is 4.35. The number of para-hydroxylation sites is 1. The lowest BCUT2D eigenvalue weighted by atomic mass is 10.3. The summed E-state index contributed by atoms with van der Waals surface area (Å²) in [5.74, 6) is 0. The maximum atomic E-state index is 3.38. The van der Waals surface area contributed by atoms with Crippen LogP contribution < -0.4 is 10.2 Å². The first-order valence-electron chi connectivity index (χ1n) is 6.05. The van der Waals surface area contributed by atoms with Crippen molar-refractivity contribution in [1.82, 2.24) is 10.2 Å². The first kappa shape index (κ1) is 11.4. The highest BCUT2D eigenvalue weighted by molar-refractivity contribution is 5.44. The molecular weight excluding hydrogens is 198 g/mol. The van der Waals surface area contributed by atoms with Crippen LogP contribution in [0.25, 0.3) is 0 Å². The minimum atomic E-state index is 1.10. The van der Waals surface area contributed by atoms with Gasteiger partial charge in [-0.2, -0.15) is 0 Å². The standard InChI is InChI=1S/C13H21N3/c1-15(13-5-3-2-4-6-13)11-12-16-9-7-14-8-10-16/h2-6,14H,7-12H2,1H3. The lowest BCUT2D eigenvalue weighted by Gasteiger charge is -2.29. The van der Waals surface area contributed by atoms with E-state index in [1.807, 2.05) is 0 Å². The molecule has 16 heavy (non-hydrogen) atoms. The summed E-state index contributed by atoms with van der Waals surface area (Å²) in [5, 5.41) is 3.38. The number of hydrogen-bond acceptors (Lipinski definition) is 3. The number of piperazine rings is 1. The zero-order valence-corrected chi connectivity index (χ0v) is 10.0. The number of nitrogens with zero attached hydrogens (tertiary/aromatic N) is 2. The smallest absolute Gasteiger partial charge is 0.0364 e. The third-order valence-electron chi connectivity index (χ3n) is 3.16. The average Bonchev–Trinajstić information content (AvgIpc) is 2.38. The maximum Gasteiger partial charge on any atom is 0.0364 e. The van der Waals surface area contributed by atoms with Crippen molar-refractivity contribution in [3.8, 4) is 0 Å². The molecule has 0 aromatic heterocycles. The quantitative estimate of drug-likeness (QED) is 0.816. The fourth-order valence-electron chi connectivity index (χ4n) is 2.04. The van der Waals surface area contributed by atoms with Crippen molar-refractivity contribution >= 4 is 5.69 Å². The number of likely N-dealkylation sites (N-methyl/N-ethyl adjacent to an activating group) is 1. The van der Waals surface area contributed by atoms with Crippen LogP contribution in [0, 0.1) is 0 Å². The van der Waals surface area contributed by atoms with Crippen LogP contribution in [-0.4, -0.2) is 51.2 Å². The molecule has 0 amide bonds. The molecular formula is C13H21N3. The normalized spacial score (nSPS) is 17.3. The molecule has 0 atom stereocenters. The molecule has 3 heteroatoms. The summed E-state index contributed by atoms with van der Waals surface area (Å²) in [6, 6.07) is 10.6. The molecule has 1 aliphatic rings. The Morgan fingerprint density at radius 3 is 2.56 bits per heavy atom. The van der Waals surface area contributed by atoms with Gasteiger partial charge >= 0.3 is 0 Å². The van der Waals surface area contributed by atoms with Gasteiger partial charge in [-0.05, 0) is 12.1 Å². The Kier molecular flexibility index (Phi) is 4.19. The van der Waals surface area contributed by atoms with Crippen LogP contribution in [0.3, 0.4) is 0 Å². The monoisotopic (exact) mass is 219 g/mol. The summed E-state index contributed by atoms with van der Waals surface area (Å²) in [6.45, 7) is 6.90. The van der Waals surface area contributed by atoms with Crippen molar-refractivity contribution in [2.75, 3.05) is 51.2 Å². The highest BCUT2D eigenvalue weighted by Gasteiger charge is 2.09. The summed E-state index contributed by atoms with van der Waals surface area (Å²) in [5.41, 5.74) is 1.30. The Labute approximate surface area is 98.0 Å². The Balaban J connectivity index is 1.77. The van der Waals surface area contributed by atoms with E-state index in [1.54, 1.807) is 0 Å². The van der Waals surface area contributed by atoms with E-state index < -0.39 is 0 Å². The molecule has 1 fully saturated rings. The summed E-state index contributed by atoms with van der Waals surface area (Å²) in [7, 11) is 2.16. The molecule has 0 bridgehead atoms. The van der Waals surface area contributed by atoms with Crippen molar-refractivity contribution in [2.45, 2.75) is 0 Å². The zero-order chi connectivity index (χ0) is 11.2. The van der Waals surface area contributed by atoms with Gasteiger partial charge in [-0.15, -0.1) is 0 Å². The predicted octanol–water partition coefficient (Wildman–Crippen LogP) is 1.03. The summed E-state index contributed by atoms with van der Waals surface area (Å²) in [4.78, 5) is 4.85. The minimum Gasteiger partial charge on any atom is -0.373 e. The van der Waals surface area contributed by atoms with E-state index in [0.717, 1.165) is 26.2 Å². The van der Waals surface area contributed by atoms with E-state index in [-0.39, 0.29) is 0 Å². The molecule has 2 rings (SSSR count). The van der Waals surface area contributed by atoms with Gasteiger partial charge in [0.15, 0.2) is 0 Å².